The number of hydrogen-bond acceptors (Lipinski definition) is 2. The van der Waals surface area contributed by atoms with Gasteiger partial charge in [0.1, 0.15) is 0 Å². The van der Waals surface area contributed by atoms with Crippen LogP contribution in [0.4, 0.5) is 5.69 Å². The fourth-order valence-electron chi connectivity index (χ4n) is 3.02. The van der Waals surface area contributed by atoms with Crippen LogP contribution in [0, 0.1) is 5.92 Å². The highest BCUT2D eigenvalue weighted by Gasteiger charge is 2.36. The minimum atomic E-state index is -0.409. The van der Waals surface area contributed by atoms with Crippen molar-refractivity contribution in [2.45, 2.75) is 19.4 Å². The predicted octanol–water partition coefficient (Wildman–Crippen LogP) is 4.22. The van der Waals surface area contributed by atoms with E-state index in [0.717, 1.165) is 5.56 Å². The van der Waals surface area contributed by atoms with Gasteiger partial charge in [0.2, 0.25) is 11.8 Å². The quantitative estimate of drug-likeness (QED) is 0.867. The number of halogens is 2. The third-order valence-electron chi connectivity index (χ3n) is 4.37. The zero-order chi connectivity index (χ0) is 18.0. The smallest absolute Gasteiger partial charge is 0.227 e. The van der Waals surface area contributed by atoms with E-state index >= 15 is 0 Å². The molecule has 2 unspecified atom stereocenters. The minimum absolute atomic E-state index is 0.0985. The molecule has 1 fully saturated rings. The second-order valence-corrected chi connectivity index (χ2v) is 6.92. The summed E-state index contributed by atoms with van der Waals surface area (Å²) in [5.41, 5.74) is 1.49. The average molecular weight is 377 g/mol. The first kappa shape index (κ1) is 17.8. The van der Waals surface area contributed by atoms with Gasteiger partial charge in [0.25, 0.3) is 0 Å². The molecule has 25 heavy (non-hydrogen) atoms. The van der Waals surface area contributed by atoms with Crippen molar-refractivity contribution in [1.29, 1.82) is 0 Å². The molecule has 0 bridgehead atoms. The number of carbonyl (C=O) groups is 2. The van der Waals surface area contributed by atoms with Crippen LogP contribution in [0.2, 0.25) is 10.0 Å². The van der Waals surface area contributed by atoms with Gasteiger partial charge in [-0.15, -0.1) is 0 Å². The third-order valence-corrected chi connectivity index (χ3v) is 5.03. The van der Waals surface area contributed by atoms with Crippen LogP contribution in [0.1, 0.15) is 24.9 Å². The first-order valence-electron chi connectivity index (χ1n) is 8.07. The van der Waals surface area contributed by atoms with Gasteiger partial charge in [0, 0.05) is 18.0 Å². The molecule has 1 aliphatic rings. The van der Waals surface area contributed by atoms with Gasteiger partial charge in [0.05, 0.1) is 22.7 Å². The van der Waals surface area contributed by atoms with Crippen molar-refractivity contribution in [1.82, 2.24) is 5.32 Å². The van der Waals surface area contributed by atoms with Crippen molar-refractivity contribution in [3.05, 3.63) is 64.1 Å². The van der Waals surface area contributed by atoms with Crippen molar-refractivity contribution >= 4 is 40.7 Å². The molecule has 1 N–H and O–H groups in total. The molecule has 3 rings (SSSR count). The third kappa shape index (κ3) is 3.80. The van der Waals surface area contributed by atoms with Crippen LogP contribution in [0.5, 0.6) is 0 Å². The lowest BCUT2D eigenvalue weighted by Crippen LogP contribution is -2.34. The Kier molecular flexibility index (Phi) is 5.30. The molecule has 2 atom stereocenters. The summed E-state index contributed by atoms with van der Waals surface area (Å²) < 4.78 is 0. The number of para-hydroxylation sites is 1. The first-order valence-corrected chi connectivity index (χ1v) is 8.82. The molecule has 0 aliphatic carbocycles. The second-order valence-electron chi connectivity index (χ2n) is 6.11. The summed E-state index contributed by atoms with van der Waals surface area (Å²) in [6.45, 7) is 2.20. The Bertz CT molecular complexity index is 810. The van der Waals surface area contributed by atoms with E-state index in [9.17, 15) is 9.59 Å². The number of anilines is 1. The number of benzene rings is 2. The molecule has 4 nitrogen and oxygen atoms in total. The van der Waals surface area contributed by atoms with E-state index in [4.69, 9.17) is 23.2 Å². The Morgan fingerprint density at radius 2 is 1.76 bits per heavy atom. The summed E-state index contributed by atoms with van der Waals surface area (Å²) in [5, 5.41) is 4.06. The Labute approximate surface area is 156 Å². The summed E-state index contributed by atoms with van der Waals surface area (Å²) in [4.78, 5) is 26.5. The van der Waals surface area contributed by atoms with E-state index < -0.39 is 5.92 Å². The average Bonchev–Trinajstić information content (AvgIpc) is 2.97. The molecule has 1 saturated heterocycles. The van der Waals surface area contributed by atoms with Crippen LogP contribution in [0.25, 0.3) is 0 Å². The summed E-state index contributed by atoms with van der Waals surface area (Å²) in [5.74, 6) is -0.664. The van der Waals surface area contributed by atoms with E-state index in [-0.39, 0.29) is 24.3 Å². The molecular formula is C19H18Cl2N2O2. The first-order chi connectivity index (χ1) is 12.0. The Hall–Kier alpha value is -2.04. The van der Waals surface area contributed by atoms with Crippen LogP contribution in [0.15, 0.2) is 48.5 Å². The van der Waals surface area contributed by atoms with Crippen molar-refractivity contribution in [2.24, 2.45) is 5.92 Å². The van der Waals surface area contributed by atoms with Gasteiger partial charge < -0.3 is 10.2 Å². The molecule has 0 saturated carbocycles. The monoisotopic (exact) mass is 376 g/mol. The molecule has 2 aromatic carbocycles. The Morgan fingerprint density at radius 3 is 2.44 bits per heavy atom. The summed E-state index contributed by atoms with van der Waals surface area (Å²) >= 11 is 12.3. The highest BCUT2D eigenvalue weighted by molar-refractivity contribution is 6.34. The highest BCUT2D eigenvalue weighted by Crippen LogP contribution is 2.31. The lowest BCUT2D eigenvalue weighted by molar-refractivity contribution is -0.126. The van der Waals surface area contributed by atoms with Gasteiger partial charge in [-0.25, -0.2) is 0 Å². The maximum atomic E-state index is 12.6. The normalized spacial score (nSPS) is 18.3. The van der Waals surface area contributed by atoms with E-state index in [2.05, 4.69) is 5.32 Å². The van der Waals surface area contributed by atoms with Crippen molar-refractivity contribution in [3.8, 4) is 0 Å². The molecule has 0 radical (unpaired) electrons. The SMILES string of the molecule is CC(NC(=O)C1CC(=O)N(c2ccccc2Cl)C1)c1ccccc1Cl. The summed E-state index contributed by atoms with van der Waals surface area (Å²) in [7, 11) is 0. The Morgan fingerprint density at radius 1 is 1.12 bits per heavy atom. The van der Waals surface area contributed by atoms with Gasteiger partial charge in [-0.05, 0) is 30.7 Å². The molecule has 0 spiro atoms. The van der Waals surface area contributed by atoms with Crippen molar-refractivity contribution in [3.63, 3.8) is 0 Å². The standard InChI is InChI=1S/C19H18Cl2N2O2/c1-12(14-6-2-3-7-15(14)20)22-19(25)13-10-18(24)23(11-13)17-9-5-4-8-16(17)21/h2-9,12-13H,10-11H2,1H3,(H,22,25). The number of rotatable bonds is 4. The number of nitrogens with one attached hydrogen (secondary N) is 1. The lowest BCUT2D eigenvalue weighted by atomic mass is 10.0. The van der Waals surface area contributed by atoms with Gasteiger partial charge in [-0.3, -0.25) is 9.59 Å². The zero-order valence-corrected chi connectivity index (χ0v) is 15.2. The molecule has 2 amide bonds. The lowest BCUT2D eigenvalue weighted by Gasteiger charge is -2.20. The number of hydrogen-bond donors (Lipinski definition) is 1. The van der Waals surface area contributed by atoms with Crippen LogP contribution in [0.3, 0.4) is 0 Å². The highest BCUT2D eigenvalue weighted by atomic mass is 35.5. The number of carbonyl (C=O) groups excluding carboxylic acids is 2. The summed E-state index contributed by atoms with van der Waals surface area (Å²) in [6.07, 6.45) is 0.173. The second kappa shape index (κ2) is 7.46. The van der Waals surface area contributed by atoms with Gasteiger partial charge >= 0.3 is 0 Å². The zero-order valence-electron chi connectivity index (χ0n) is 13.7. The topological polar surface area (TPSA) is 49.4 Å². The molecule has 2 aromatic rings. The van der Waals surface area contributed by atoms with E-state index in [1.807, 2.05) is 37.3 Å². The van der Waals surface area contributed by atoms with Crippen LogP contribution in [-0.2, 0) is 9.59 Å². The number of nitrogens with zero attached hydrogens (tertiary/aromatic N) is 1. The number of amides is 2. The maximum absolute atomic E-state index is 12.6. The molecule has 0 aromatic heterocycles. The predicted molar refractivity (Wildman–Crippen MR) is 99.9 cm³/mol. The van der Waals surface area contributed by atoms with Gasteiger partial charge in [-0.2, -0.15) is 0 Å². The molecule has 1 heterocycles. The molecular weight excluding hydrogens is 359 g/mol. The van der Waals surface area contributed by atoms with Crippen LogP contribution >= 0.6 is 23.2 Å². The fourth-order valence-corrected chi connectivity index (χ4v) is 3.56. The van der Waals surface area contributed by atoms with Crippen LogP contribution in [-0.4, -0.2) is 18.4 Å². The molecule has 1 aliphatic heterocycles. The van der Waals surface area contributed by atoms with Gasteiger partial charge in [-0.1, -0.05) is 53.5 Å². The molecule has 130 valence electrons. The Balaban J connectivity index is 1.69. The van der Waals surface area contributed by atoms with Gasteiger partial charge in [0.15, 0.2) is 0 Å². The van der Waals surface area contributed by atoms with E-state index in [1.54, 1.807) is 23.1 Å². The van der Waals surface area contributed by atoms with Crippen molar-refractivity contribution in [2.75, 3.05) is 11.4 Å². The van der Waals surface area contributed by atoms with Crippen LogP contribution < -0.4 is 10.2 Å². The minimum Gasteiger partial charge on any atom is -0.349 e. The summed E-state index contributed by atoms with van der Waals surface area (Å²) in [6, 6.07) is 14.3. The van der Waals surface area contributed by atoms with E-state index in [1.165, 1.54) is 0 Å². The van der Waals surface area contributed by atoms with Crippen molar-refractivity contribution < 1.29 is 9.59 Å². The largest absolute Gasteiger partial charge is 0.349 e. The van der Waals surface area contributed by atoms with E-state index in [0.29, 0.717) is 22.3 Å². The fraction of sp³-hybridized carbons (Fsp3) is 0.263. The maximum Gasteiger partial charge on any atom is 0.227 e. The molecule has 6 heteroatoms.